The van der Waals surface area contributed by atoms with Gasteiger partial charge >= 0.3 is 0 Å². The molecular weight excluding hydrogens is 200 g/mol. The zero-order valence-electron chi connectivity index (χ0n) is 4.68. The van der Waals surface area contributed by atoms with Gasteiger partial charge in [0.1, 0.15) is 4.84 Å². The highest BCUT2D eigenvalue weighted by Gasteiger charge is 2.65. The van der Waals surface area contributed by atoms with Crippen LogP contribution in [0, 0.1) is 0 Å². The molecule has 0 aromatic rings. The highest BCUT2D eigenvalue weighted by atomic mass is 35.5. The molecular formula is C4H4Cl3NO2. The van der Waals surface area contributed by atoms with Gasteiger partial charge in [0.15, 0.2) is 5.56 Å². The van der Waals surface area contributed by atoms with Crippen molar-refractivity contribution >= 4 is 40.7 Å². The second-order valence-electron chi connectivity index (χ2n) is 1.89. The van der Waals surface area contributed by atoms with Gasteiger partial charge in [-0.25, -0.2) is 0 Å². The number of hydrogen-bond acceptors (Lipinski definition) is 2. The van der Waals surface area contributed by atoms with E-state index >= 15 is 0 Å². The smallest absolute Gasteiger partial charge is 0.256 e. The van der Waals surface area contributed by atoms with Gasteiger partial charge in [-0.2, -0.15) is 0 Å². The molecule has 3 nitrogen and oxygen atoms in total. The molecule has 1 aliphatic rings. The molecule has 0 bridgehead atoms. The van der Waals surface area contributed by atoms with Crippen molar-refractivity contribution in [1.82, 2.24) is 0 Å². The Bertz CT molecular complexity index is 174. The first kappa shape index (κ1) is 8.40. The van der Waals surface area contributed by atoms with E-state index in [4.69, 9.17) is 40.5 Å². The van der Waals surface area contributed by atoms with E-state index in [1.165, 1.54) is 0 Å². The molecule has 1 rings (SSSR count). The van der Waals surface area contributed by atoms with Crippen LogP contribution in [-0.2, 0) is 9.53 Å². The molecule has 0 radical (unpaired) electrons. The maximum atomic E-state index is 10.6. The van der Waals surface area contributed by atoms with Gasteiger partial charge in [0.2, 0.25) is 5.60 Å². The number of amides is 1. The number of carbonyl (C=O) groups excluding carboxylic acids is 1. The fourth-order valence-electron chi connectivity index (χ4n) is 0.565. The number of alkyl halides is 3. The van der Waals surface area contributed by atoms with Crippen LogP contribution in [0.4, 0.5) is 0 Å². The van der Waals surface area contributed by atoms with Gasteiger partial charge in [0, 0.05) is 0 Å². The van der Waals surface area contributed by atoms with Crippen LogP contribution in [0.1, 0.15) is 0 Å². The largest absolute Gasteiger partial charge is 0.367 e. The number of primary amides is 1. The molecule has 6 heteroatoms. The summed E-state index contributed by atoms with van der Waals surface area (Å²) in [6.45, 7) is 0. The lowest BCUT2D eigenvalue weighted by Crippen LogP contribution is -2.38. The Kier molecular flexibility index (Phi) is 2.02. The van der Waals surface area contributed by atoms with Crippen molar-refractivity contribution in [3.8, 4) is 0 Å². The third-order valence-electron chi connectivity index (χ3n) is 1.29. The molecule has 0 aliphatic carbocycles. The van der Waals surface area contributed by atoms with Gasteiger partial charge in [-0.3, -0.25) is 4.79 Å². The first-order valence-electron chi connectivity index (χ1n) is 2.41. The quantitative estimate of drug-likeness (QED) is 0.529. The number of hydrogen-bond donors (Lipinski definition) is 1. The molecule has 58 valence electrons. The summed E-state index contributed by atoms with van der Waals surface area (Å²) in [6, 6.07) is 0. The van der Waals surface area contributed by atoms with Crippen molar-refractivity contribution in [1.29, 1.82) is 0 Å². The van der Waals surface area contributed by atoms with Crippen LogP contribution in [0.25, 0.3) is 0 Å². The molecule has 10 heavy (non-hydrogen) atoms. The molecule has 1 heterocycles. The Morgan fingerprint density at radius 1 is 1.70 bits per heavy atom. The number of rotatable bonds is 2. The molecule has 0 spiro atoms. The third kappa shape index (κ3) is 0.975. The van der Waals surface area contributed by atoms with Crippen molar-refractivity contribution in [2.45, 2.75) is 16.0 Å². The van der Waals surface area contributed by atoms with E-state index in [0.717, 1.165) is 0 Å². The summed E-state index contributed by atoms with van der Waals surface area (Å²) in [5, 5.41) is 0. The minimum Gasteiger partial charge on any atom is -0.367 e. The Balaban J connectivity index is 2.73. The van der Waals surface area contributed by atoms with Gasteiger partial charge in [0.25, 0.3) is 5.91 Å². The molecule has 1 aliphatic heterocycles. The maximum Gasteiger partial charge on any atom is 0.256 e. The van der Waals surface area contributed by atoms with E-state index in [0.29, 0.717) is 0 Å². The fraction of sp³-hybridized carbons (Fsp3) is 0.750. The van der Waals surface area contributed by atoms with E-state index in [-0.39, 0.29) is 0 Å². The molecule has 2 unspecified atom stereocenters. The van der Waals surface area contributed by atoms with Crippen LogP contribution < -0.4 is 5.73 Å². The molecule has 1 fully saturated rings. The molecule has 2 atom stereocenters. The SMILES string of the molecule is NC(=O)C1(C(Cl)Cl)OC1Cl. The topological polar surface area (TPSA) is 55.6 Å². The molecule has 0 aromatic heterocycles. The maximum absolute atomic E-state index is 10.6. The zero-order chi connectivity index (χ0) is 7.94. The fourth-order valence-corrected chi connectivity index (χ4v) is 1.62. The predicted molar refractivity (Wildman–Crippen MR) is 38.1 cm³/mol. The minimum absolute atomic E-state index is 0.734. The van der Waals surface area contributed by atoms with E-state index < -0.39 is 21.9 Å². The molecule has 1 amide bonds. The zero-order valence-corrected chi connectivity index (χ0v) is 6.95. The monoisotopic (exact) mass is 203 g/mol. The molecule has 0 aromatic carbocycles. The number of carbonyl (C=O) groups is 1. The number of ether oxygens (including phenoxy) is 1. The highest BCUT2D eigenvalue weighted by Crippen LogP contribution is 2.45. The number of epoxide rings is 1. The Hall–Kier alpha value is 0.300. The van der Waals surface area contributed by atoms with E-state index in [1.54, 1.807) is 0 Å². The summed E-state index contributed by atoms with van der Waals surface area (Å²) in [7, 11) is 0. The third-order valence-corrected chi connectivity index (χ3v) is 2.35. The summed E-state index contributed by atoms with van der Waals surface area (Å²) in [4.78, 5) is 9.57. The second kappa shape index (κ2) is 2.41. The lowest BCUT2D eigenvalue weighted by Gasteiger charge is -2.06. The van der Waals surface area contributed by atoms with Crippen molar-refractivity contribution in [2.75, 3.05) is 0 Å². The van der Waals surface area contributed by atoms with Crippen molar-refractivity contribution < 1.29 is 9.53 Å². The van der Waals surface area contributed by atoms with Crippen LogP contribution >= 0.6 is 34.8 Å². The van der Waals surface area contributed by atoms with Crippen molar-refractivity contribution in [2.24, 2.45) is 5.73 Å². The van der Waals surface area contributed by atoms with Gasteiger partial charge in [-0.05, 0) is 0 Å². The van der Waals surface area contributed by atoms with E-state index in [9.17, 15) is 4.79 Å². The van der Waals surface area contributed by atoms with Crippen molar-refractivity contribution in [3.63, 3.8) is 0 Å². The summed E-state index contributed by atoms with van der Waals surface area (Å²) < 4.78 is 4.65. The van der Waals surface area contributed by atoms with Gasteiger partial charge in [-0.1, -0.05) is 11.6 Å². The van der Waals surface area contributed by atoms with Crippen LogP contribution in [0.3, 0.4) is 0 Å². The predicted octanol–water partition coefficient (Wildman–Crippen LogP) is 0.609. The lowest BCUT2D eigenvalue weighted by molar-refractivity contribution is -0.122. The Morgan fingerprint density at radius 2 is 2.10 bits per heavy atom. The van der Waals surface area contributed by atoms with Crippen LogP contribution in [-0.4, -0.2) is 21.9 Å². The van der Waals surface area contributed by atoms with Crippen LogP contribution in [0.15, 0.2) is 0 Å². The van der Waals surface area contributed by atoms with Gasteiger partial charge < -0.3 is 10.5 Å². The average molecular weight is 204 g/mol. The van der Waals surface area contributed by atoms with Crippen LogP contribution in [0.5, 0.6) is 0 Å². The second-order valence-corrected chi connectivity index (χ2v) is 3.38. The summed E-state index contributed by atoms with van der Waals surface area (Å²) in [5.41, 5.74) is 2.76. The Labute approximate surface area is 72.4 Å². The standard InChI is InChI=1S/C4H4Cl3NO2/c5-1(6)4(3(8)9)2(7)10-4/h1-2H,(H2,8,9). The first-order valence-corrected chi connectivity index (χ1v) is 3.72. The summed E-state index contributed by atoms with van der Waals surface area (Å²) in [5.74, 6) is -0.734. The normalized spacial score (nSPS) is 38.2. The lowest BCUT2D eigenvalue weighted by atomic mass is 10.2. The Morgan fingerprint density at radius 3 is 2.10 bits per heavy atom. The number of halogens is 3. The van der Waals surface area contributed by atoms with Crippen LogP contribution in [0.2, 0.25) is 0 Å². The summed E-state index contributed by atoms with van der Waals surface area (Å²) in [6.07, 6.45) is 0. The van der Waals surface area contributed by atoms with Gasteiger partial charge in [-0.15, -0.1) is 23.2 Å². The minimum atomic E-state index is -1.36. The highest BCUT2D eigenvalue weighted by molar-refractivity contribution is 6.48. The first-order chi connectivity index (χ1) is 4.51. The summed E-state index contributed by atoms with van der Waals surface area (Å²) >= 11 is 16.2. The van der Waals surface area contributed by atoms with E-state index in [2.05, 4.69) is 4.74 Å². The number of nitrogens with two attached hydrogens (primary N) is 1. The van der Waals surface area contributed by atoms with E-state index in [1.807, 2.05) is 0 Å². The van der Waals surface area contributed by atoms with Crippen molar-refractivity contribution in [3.05, 3.63) is 0 Å². The molecule has 0 saturated carbocycles. The average Bonchev–Trinajstić information content (AvgIpc) is 2.42. The molecule has 2 N–H and O–H groups in total. The molecule has 1 saturated heterocycles. The van der Waals surface area contributed by atoms with Gasteiger partial charge in [0.05, 0.1) is 0 Å².